The van der Waals surface area contributed by atoms with Crippen molar-refractivity contribution in [1.82, 2.24) is 14.5 Å². The van der Waals surface area contributed by atoms with Crippen LogP contribution >= 0.6 is 35.6 Å². The predicted octanol–water partition coefficient (Wildman–Crippen LogP) is 6.04. The van der Waals surface area contributed by atoms with Crippen molar-refractivity contribution in [3.63, 3.8) is 0 Å². The topological polar surface area (TPSA) is 76.7 Å². The second-order valence-electron chi connectivity index (χ2n) is 7.75. The zero-order valence-electron chi connectivity index (χ0n) is 18.6. The van der Waals surface area contributed by atoms with Gasteiger partial charge in [0.1, 0.15) is 5.82 Å². The third kappa shape index (κ3) is 5.80. The Morgan fingerprint density at radius 2 is 1.76 bits per heavy atom. The maximum absolute atomic E-state index is 12.6. The highest BCUT2D eigenvalue weighted by molar-refractivity contribution is 6.36. The van der Waals surface area contributed by atoms with Crippen LogP contribution in [0, 0.1) is 6.92 Å². The molecular formula is C26H25Cl3N4O. The Bertz CT molecular complexity index is 1340. The summed E-state index contributed by atoms with van der Waals surface area (Å²) in [5, 5.41) is 1.13. The van der Waals surface area contributed by atoms with E-state index in [-0.39, 0.29) is 17.8 Å². The number of aromatic nitrogens is 3. The number of halogens is 3. The molecule has 2 heterocycles. The molecule has 0 atom stereocenters. The van der Waals surface area contributed by atoms with Crippen molar-refractivity contribution in [2.45, 2.75) is 26.4 Å². The van der Waals surface area contributed by atoms with Gasteiger partial charge in [0.2, 0.25) is 0 Å². The molecule has 2 aromatic heterocycles. The lowest BCUT2D eigenvalue weighted by Crippen LogP contribution is -2.17. The first-order valence-electron chi connectivity index (χ1n) is 10.6. The molecule has 0 aliphatic rings. The summed E-state index contributed by atoms with van der Waals surface area (Å²) in [5.74, 6) is 0.765. The van der Waals surface area contributed by atoms with Crippen molar-refractivity contribution >= 4 is 41.7 Å². The summed E-state index contributed by atoms with van der Waals surface area (Å²) in [5.41, 5.74) is 11.0. The Morgan fingerprint density at radius 3 is 2.41 bits per heavy atom. The molecule has 0 aliphatic heterocycles. The number of pyridine rings is 1. The molecule has 0 saturated carbocycles. The first-order valence-corrected chi connectivity index (χ1v) is 11.3. The maximum atomic E-state index is 12.6. The Labute approximate surface area is 214 Å². The average molecular weight is 516 g/mol. The third-order valence-electron chi connectivity index (χ3n) is 5.64. The van der Waals surface area contributed by atoms with Gasteiger partial charge in [-0.25, -0.2) is 4.98 Å². The number of rotatable bonds is 7. The lowest BCUT2D eigenvalue weighted by molar-refractivity contribution is 0.763. The van der Waals surface area contributed by atoms with Gasteiger partial charge >= 0.3 is 0 Å². The van der Waals surface area contributed by atoms with Gasteiger partial charge < -0.3 is 15.3 Å². The fourth-order valence-corrected chi connectivity index (χ4v) is 4.23. The summed E-state index contributed by atoms with van der Waals surface area (Å²) < 4.78 is 2.05. The van der Waals surface area contributed by atoms with Crippen LogP contribution in [-0.4, -0.2) is 14.5 Å². The molecule has 0 radical (unpaired) electrons. The molecule has 5 nitrogen and oxygen atoms in total. The van der Waals surface area contributed by atoms with Crippen LogP contribution in [0.15, 0.2) is 71.8 Å². The van der Waals surface area contributed by atoms with Crippen LogP contribution < -0.4 is 11.2 Å². The minimum absolute atomic E-state index is 0. The van der Waals surface area contributed by atoms with E-state index in [9.17, 15) is 4.79 Å². The van der Waals surface area contributed by atoms with Gasteiger partial charge in [-0.1, -0.05) is 65.7 Å². The highest BCUT2D eigenvalue weighted by Gasteiger charge is 2.12. The monoisotopic (exact) mass is 514 g/mol. The van der Waals surface area contributed by atoms with Crippen molar-refractivity contribution in [2.75, 3.05) is 0 Å². The van der Waals surface area contributed by atoms with E-state index in [0.717, 1.165) is 33.9 Å². The zero-order chi connectivity index (χ0) is 23.4. The lowest BCUT2D eigenvalue weighted by Gasteiger charge is -2.14. The fourth-order valence-electron chi connectivity index (χ4n) is 3.70. The predicted molar refractivity (Wildman–Crippen MR) is 143 cm³/mol. The zero-order valence-corrected chi connectivity index (χ0v) is 20.9. The Hall–Kier alpha value is -2.83. The van der Waals surface area contributed by atoms with Gasteiger partial charge in [0.05, 0.1) is 18.4 Å². The molecule has 4 aromatic rings. The van der Waals surface area contributed by atoms with Crippen LogP contribution in [-0.2, 0) is 19.5 Å². The molecule has 176 valence electrons. The van der Waals surface area contributed by atoms with Crippen molar-refractivity contribution in [3.05, 3.63) is 115 Å². The molecule has 0 saturated heterocycles. The number of hydrogen-bond donors (Lipinski definition) is 2. The highest BCUT2D eigenvalue weighted by atomic mass is 35.5. The van der Waals surface area contributed by atoms with E-state index in [2.05, 4.69) is 34.3 Å². The molecule has 2 aromatic carbocycles. The molecule has 0 aliphatic carbocycles. The molecule has 4 rings (SSSR count). The number of nitrogens with one attached hydrogen (secondary N) is 1. The average Bonchev–Trinajstić information content (AvgIpc) is 3.30. The summed E-state index contributed by atoms with van der Waals surface area (Å²) >= 11 is 12.6. The Kier molecular flexibility index (Phi) is 8.75. The summed E-state index contributed by atoms with van der Waals surface area (Å²) in [6.45, 7) is 2.97. The molecule has 34 heavy (non-hydrogen) atoms. The molecular weight excluding hydrogens is 491 g/mol. The van der Waals surface area contributed by atoms with E-state index in [1.54, 1.807) is 30.5 Å². The van der Waals surface area contributed by atoms with Crippen LogP contribution in [0.3, 0.4) is 0 Å². The SMILES string of the molecule is Cc1c(Cc2c(Cl)cccc2Cl)c(=O)ccn1C/C=C/c1ccc(-c2cnc(CN)[nH]2)cc1.Cl. The summed E-state index contributed by atoms with van der Waals surface area (Å²) in [4.78, 5) is 20.0. The summed E-state index contributed by atoms with van der Waals surface area (Å²) in [6.07, 6.45) is 8.13. The molecule has 0 amide bonds. The van der Waals surface area contributed by atoms with Crippen LogP contribution in [0.2, 0.25) is 10.0 Å². The molecule has 3 N–H and O–H groups in total. The number of nitrogens with zero attached hydrogens (tertiary/aromatic N) is 2. The van der Waals surface area contributed by atoms with E-state index >= 15 is 0 Å². The van der Waals surface area contributed by atoms with E-state index in [1.807, 2.05) is 29.8 Å². The second-order valence-corrected chi connectivity index (χ2v) is 8.56. The van der Waals surface area contributed by atoms with Crippen LogP contribution in [0.4, 0.5) is 0 Å². The van der Waals surface area contributed by atoms with Gasteiger partial charge in [-0.15, -0.1) is 12.4 Å². The Morgan fingerprint density at radius 1 is 1.06 bits per heavy atom. The number of nitrogens with two attached hydrogens (primary N) is 1. The van der Waals surface area contributed by atoms with Gasteiger partial charge in [-0.3, -0.25) is 4.79 Å². The Balaban J connectivity index is 0.00000324. The van der Waals surface area contributed by atoms with Crippen LogP contribution in [0.1, 0.15) is 28.2 Å². The summed E-state index contributed by atoms with van der Waals surface area (Å²) in [7, 11) is 0. The van der Waals surface area contributed by atoms with E-state index in [1.165, 1.54) is 0 Å². The minimum atomic E-state index is -0.0177. The van der Waals surface area contributed by atoms with Gasteiger partial charge in [-0.2, -0.15) is 0 Å². The van der Waals surface area contributed by atoms with Gasteiger partial charge in [0, 0.05) is 46.5 Å². The van der Waals surface area contributed by atoms with Gasteiger partial charge in [-0.05, 0) is 35.7 Å². The van der Waals surface area contributed by atoms with Crippen LogP contribution in [0.25, 0.3) is 17.3 Å². The minimum Gasteiger partial charge on any atom is -0.347 e. The standard InChI is InChI=1S/C26H24Cl2N4O.ClH/c1-17-20(14-21-22(27)5-2-6-23(21)28)25(33)11-13-32(17)12-3-4-18-7-9-19(10-8-18)24-16-30-26(15-29)31-24;/h2-11,13,16H,12,14-15,29H2,1H3,(H,30,31);1H/b4-3+;. The van der Waals surface area contributed by atoms with E-state index in [4.69, 9.17) is 28.9 Å². The van der Waals surface area contributed by atoms with Crippen molar-refractivity contribution in [3.8, 4) is 11.3 Å². The molecule has 0 unspecified atom stereocenters. The highest BCUT2D eigenvalue weighted by Crippen LogP contribution is 2.27. The van der Waals surface area contributed by atoms with Crippen LogP contribution in [0.5, 0.6) is 0 Å². The molecule has 0 bridgehead atoms. The molecule has 0 fully saturated rings. The van der Waals surface area contributed by atoms with Gasteiger partial charge in [0.25, 0.3) is 0 Å². The lowest BCUT2D eigenvalue weighted by atomic mass is 10.0. The first kappa shape index (κ1) is 25.8. The number of aromatic amines is 1. The van der Waals surface area contributed by atoms with E-state index < -0.39 is 0 Å². The largest absolute Gasteiger partial charge is 0.347 e. The first-order chi connectivity index (χ1) is 16.0. The van der Waals surface area contributed by atoms with E-state index in [0.29, 0.717) is 35.1 Å². The number of H-pyrrole nitrogens is 1. The fraction of sp³-hybridized carbons (Fsp3) is 0.154. The third-order valence-corrected chi connectivity index (χ3v) is 6.35. The maximum Gasteiger partial charge on any atom is 0.185 e. The van der Waals surface area contributed by atoms with Crippen molar-refractivity contribution < 1.29 is 0 Å². The molecule has 8 heteroatoms. The van der Waals surface area contributed by atoms with Crippen molar-refractivity contribution in [1.29, 1.82) is 0 Å². The second kappa shape index (κ2) is 11.5. The molecule has 0 spiro atoms. The quantitative estimate of drug-likeness (QED) is 0.315. The number of allylic oxidation sites excluding steroid dienone is 1. The number of imidazole rings is 1. The smallest absolute Gasteiger partial charge is 0.185 e. The normalized spacial score (nSPS) is 11.1. The number of benzene rings is 2. The van der Waals surface area contributed by atoms with Gasteiger partial charge in [0.15, 0.2) is 5.43 Å². The summed E-state index contributed by atoms with van der Waals surface area (Å²) in [6, 6.07) is 15.2. The number of hydrogen-bond acceptors (Lipinski definition) is 3. The van der Waals surface area contributed by atoms with Crippen molar-refractivity contribution in [2.24, 2.45) is 5.73 Å².